The van der Waals surface area contributed by atoms with E-state index in [1.165, 1.54) is 73.1 Å². The SMILES string of the molecule is Cn1c(=O)n(-c2ccc(C[C@H](NC(=O)c3cc(F)c(NS(=O)(=O)c4ccc(-c5ncccn5)cn4)cc3F)C(=O)O)nc2)c(=O)c2ccncc21. The Labute approximate surface area is 285 Å². The molecule has 258 valence electrons. The van der Waals surface area contributed by atoms with E-state index in [0.29, 0.717) is 23.2 Å². The monoisotopic (exact) mass is 715 g/mol. The number of anilines is 1. The number of hydrogen-bond donors (Lipinski definition) is 3. The van der Waals surface area contributed by atoms with Crippen LogP contribution >= 0.6 is 0 Å². The van der Waals surface area contributed by atoms with Crippen LogP contribution in [0.15, 0.2) is 100 Å². The van der Waals surface area contributed by atoms with Gasteiger partial charge in [-0.25, -0.2) is 37.9 Å². The normalized spacial score (nSPS) is 12.0. The summed E-state index contributed by atoms with van der Waals surface area (Å²) in [5.41, 5.74) is -2.13. The van der Waals surface area contributed by atoms with E-state index in [9.17, 15) is 32.7 Å². The van der Waals surface area contributed by atoms with E-state index in [2.05, 4.69) is 30.2 Å². The van der Waals surface area contributed by atoms with E-state index < -0.39 is 73.5 Å². The quantitative estimate of drug-likeness (QED) is 0.185. The van der Waals surface area contributed by atoms with Crippen molar-refractivity contribution >= 4 is 38.5 Å². The summed E-state index contributed by atoms with van der Waals surface area (Å²) in [6.45, 7) is 0. The highest BCUT2D eigenvalue weighted by Crippen LogP contribution is 2.23. The molecule has 6 rings (SSSR count). The lowest BCUT2D eigenvalue weighted by Crippen LogP contribution is -2.42. The smallest absolute Gasteiger partial charge is 0.335 e. The number of hydrogen-bond acceptors (Lipinski definition) is 11. The average molecular weight is 716 g/mol. The largest absolute Gasteiger partial charge is 0.480 e. The number of halogens is 2. The minimum atomic E-state index is -4.52. The Kier molecular flexibility index (Phi) is 9.12. The highest BCUT2D eigenvalue weighted by atomic mass is 32.2. The van der Waals surface area contributed by atoms with E-state index in [-0.39, 0.29) is 22.6 Å². The zero-order chi connectivity index (χ0) is 36.4. The molecule has 0 saturated carbocycles. The van der Waals surface area contributed by atoms with Gasteiger partial charge in [-0.1, -0.05) is 0 Å². The Morgan fingerprint density at radius 2 is 1.69 bits per heavy atom. The van der Waals surface area contributed by atoms with Gasteiger partial charge in [0.2, 0.25) is 0 Å². The first-order valence-electron chi connectivity index (χ1n) is 14.6. The maximum absolute atomic E-state index is 15.1. The molecule has 1 aromatic carbocycles. The fraction of sp³-hybridized carbons (Fsp3) is 0.0938. The molecule has 5 aromatic heterocycles. The van der Waals surface area contributed by atoms with Crippen molar-refractivity contribution in [3.05, 3.63) is 129 Å². The second-order valence-corrected chi connectivity index (χ2v) is 12.5. The number of carbonyl (C=O) groups is 2. The van der Waals surface area contributed by atoms with Gasteiger partial charge in [-0.15, -0.1) is 0 Å². The summed E-state index contributed by atoms with van der Waals surface area (Å²) in [5.74, 6) is -5.27. The fourth-order valence-electron chi connectivity index (χ4n) is 4.95. The van der Waals surface area contributed by atoms with E-state index >= 15 is 8.78 Å². The standard InChI is InChI=1S/C32H23F2N9O7S/c1-42-26-16-35-10-7-20(26)30(45)43(32(42)48)19-5-4-18(38-15-19)11-25(31(46)47)40-29(44)21-12-23(34)24(13-22(21)33)41-51(49,50)27-6-3-17(14-39-27)28-36-8-2-9-37-28/h2-10,12-16,25,41H,11H2,1H3,(H,40,44)(H,46,47)/t25-/m0/s1. The zero-order valence-electron chi connectivity index (χ0n) is 26.1. The molecule has 0 radical (unpaired) electrons. The molecule has 51 heavy (non-hydrogen) atoms. The predicted octanol–water partition coefficient (Wildman–Crippen LogP) is 1.84. The summed E-state index contributed by atoms with van der Waals surface area (Å²) >= 11 is 0. The highest BCUT2D eigenvalue weighted by molar-refractivity contribution is 7.92. The number of benzene rings is 1. The van der Waals surface area contributed by atoms with Gasteiger partial charge in [0.05, 0.1) is 40.2 Å². The number of aliphatic carboxylic acids is 1. The molecule has 1 atom stereocenters. The number of nitrogens with one attached hydrogen (secondary N) is 2. The molecule has 0 bridgehead atoms. The minimum Gasteiger partial charge on any atom is -0.480 e. The van der Waals surface area contributed by atoms with Gasteiger partial charge < -0.3 is 10.4 Å². The molecule has 0 unspecified atom stereocenters. The number of aromatic nitrogens is 7. The zero-order valence-corrected chi connectivity index (χ0v) is 26.9. The number of pyridine rings is 3. The lowest BCUT2D eigenvalue weighted by Gasteiger charge is -2.16. The van der Waals surface area contributed by atoms with Gasteiger partial charge in [-0.05, 0) is 42.5 Å². The third-order valence-corrected chi connectivity index (χ3v) is 8.82. The molecular formula is C32H23F2N9O7S. The first-order chi connectivity index (χ1) is 24.3. The predicted molar refractivity (Wildman–Crippen MR) is 175 cm³/mol. The van der Waals surface area contributed by atoms with Crippen molar-refractivity contribution in [1.29, 1.82) is 0 Å². The summed E-state index contributed by atoms with van der Waals surface area (Å²) < 4.78 is 59.8. The highest BCUT2D eigenvalue weighted by Gasteiger charge is 2.26. The first-order valence-corrected chi connectivity index (χ1v) is 16.1. The summed E-state index contributed by atoms with van der Waals surface area (Å²) in [6.07, 6.45) is 7.67. The maximum Gasteiger partial charge on any atom is 0.335 e. The summed E-state index contributed by atoms with van der Waals surface area (Å²) in [6, 6.07) is 7.38. The van der Waals surface area contributed by atoms with Crippen LogP contribution in [0, 0.1) is 11.6 Å². The number of rotatable bonds is 10. The van der Waals surface area contributed by atoms with E-state index in [4.69, 9.17) is 0 Å². The van der Waals surface area contributed by atoms with Gasteiger partial charge in [0.1, 0.15) is 17.7 Å². The fourth-order valence-corrected chi connectivity index (χ4v) is 5.94. The van der Waals surface area contributed by atoms with Crippen molar-refractivity contribution in [2.75, 3.05) is 4.72 Å². The molecule has 0 aliphatic carbocycles. The Morgan fingerprint density at radius 1 is 0.922 bits per heavy atom. The van der Waals surface area contributed by atoms with Crippen molar-refractivity contribution in [2.24, 2.45) is 7.05 Å². The van der Waals surface area contributed by atoms with Crippen LogP contribution < -0.4 is 21.3 Å². The average Bonchev–Trinajstić information content (AvgIpc) is 3.12. The van der Waals surface area contributed by atoms with Crippen molar-refractivity contribution < 1.29 is 31.9 Å². The van der Waals surface area contributed by atoms with Crippen molar-refractivity contribution in [1.82, 2.24) is 39.4 Å². The molecule has 19 heteroatoms. The number of fused-ring (bicyclic) bond motifs is 1. The van der Waals surface area contributed by atoms with Crippen LogP contribution in [0.1, 0.15) is 16.1 Å². The van der Waals surface area contributed by atoms with E-state index in [0.717, 1.165) is 10.6 Å². The van der Waals surface area contributed by atoms with Crippen LogP contribution in [0.25, 0.3) is 28.0 Å². The second-order valence-electron chi connectivity index (χ2n) is 10.8. The summed E-state index contributed by atoms with van der Waals surface area (Å²) in [4.78, 5) is 70.8. The van der Waals surface area contributed by atoms with Gasteiger partial charge in [-0.3, -0.25) is 28.8 Å². The lowest BCUT2D eigenvalue weighted by molar-refractivity contribution is -0.139. The molecule has 1 amide bonds. The van der Waals surface area contributed by atoms with Gasteiger partial charge in [0, 0.05) is 55.6 Å². The van der Waals surface area contributed by atoms with Gasteiger partial charge in [0.25, 0.3) is 21.5 Å². The molecule has 0 spiro atoms. The summed E-state index contributed by atoms with van der Waals surface area (Å²) in [7, 11) is -3.06. The molecule has 5 heterocycles. The molecule has 16 nitrogen and oxygen atoms in total. The topological polar surface area (TPSA) is 221 Å². The molecule has 0 aliphatic rings. The van der Waals surface area contributed by atoms with Gasteiger partial charge in [-0.2, -0.15) is 8.42 Å². The van der Waals surface area contributed by atoms with Crippen molar-refractivity contribution in [3.8, 4) is 17.1 Å². The Bertz CT molecular complexity index is 2550. The number of aryl methyl sites for hydroxylation is 1. The number of amides is 1. The Morgan fingerprint density at radius 3 is 2.35 bits per heavy atom. The van der Waals surface area contributed by atoms with E-state index in [1.807, 2.05) is 4.72 Å². The number of carboxylic acids is 1. The third-order valence-electron chi connectivity index (χ3n) is 7.54. The van der Waals surface area contributed by atoms with Crippen LogP contribution in [0.4, 0.5) is 14.5 Å². The first kappa shape index (κ1) is 34.1. The molecule has 0 fully saturated rings. The minimum absolute atomic E-state index is 0.0850. The van der Waals surface area contributed by atoms with Crippen LogP contribution in [0.5, 0.6) is 0 Å². The van der Waals surface area contributed by atoms with Crippen molar-refractivity contribution in [2.45, 2.75) is 17.5 Å². The van der Waals surface area contributed by atoms with Crippen LogP contribution in [0.2, 0.25) is 0 Å². The second kappa shape index (κ2) is 13.6. The number of carboxylic acid groups (broad SMARTS) is 1. The number of carbonyl (C=O) groups excluding carboxylic acids is 1. The van der Waals surface area contributed by atoms with E-state index in [1.54, 1.807) is 6.07 Å². The summed E-state index contributed by atoms with van der Waals surface area (Å²) in [5, 5.41) is 11.5. The van der Waals surface area contributed by atoms with Crippen LogP contribution in [-0.2, 0) is 28.3 Å². The van der Waals surface area contributed by atoms with Crippen LogP contribution in [-0.4, -0.2) is 65.5 Å². The van der Waals surface area contributed by atoms with Crippen LogP contribution in [0.3, 0.4) is 0 Å². The molecule has 3 N–H and O–H groups in total. The molecule has 6 aromatic rings. The Balaban J connectivity index is 1.17. The number of sulfonamides is 1. The van der Waals surface area contributed by atoms with Gasteiger partial charge in [0.15, 0.2) is 10.9 Å². The van der Waals surface area contributed by atoms with Crippen molar-refractivity contribution in [3.63, 3.8) is 0 Å². The molecule has 0 saturated heterocycles. The maximum atomic E-state index is 15.1. The van der Waals surface area contributed by atoms with Gasteiger partial charge >= 0.3 is 11.7 Å². The molecular weight excluding hydrogens is 692 g/mol. The number of nitrogens with zero attached hydrogens (tertiary/aromatic N) is 7. The molecule has 0 aliphatic heterocycles. The Hall–Kier alpha value is -6.76. The lowest BCUT2D eigenvalue weighted by atomic mass is 10.1. The third kappa shape index (κ3) is 6.90.